The summed E-state index contributed by atoms with van der Waals surface area (Å²) >= 11 is 6.21. The van der Waals surface area contributed by atoms with Gasteiger partial charge in [0.15, 0.2) is 0 Å². The van der Waals surface area contributed by atoms with Crippen LogP contribution in [0.1, 0.15) is 42.7 Å². The number of halogens is 1. The third-order valence-electron chi connectivity index (χ3n) is 3.43. The maximum Gasteiger partial charge on any atom is 0.136 e. The Morgan fingerprint density at radius 1 is 1.41 bits per heavy atom. The average molecular weight is 250 g/mol. The first-order valence-electron chi connectivity index (χ1n) is 5.96. The van der Waals surface area contributed by atoms with E-state index in [4.69, 9.17) is 21.6 Å². The number of hydrogen-bond acceptors (Lipinski definition) is 2. The molecule has 0 aromatic heterocycles. The summed E-state index contributed by atoms with van der Waals surface area (Å²) in [4.78, 5) is 0. The molecule has 0 aliphatic heterocycles. The van der Waals surface area contributed by atoms with Crippen LogP contribution in [-0.2, 0) is 0 Å². The van der Waals surface area contributed by atoms with Gasteiger partial charge in [0.05, 0.1) is 12.7 Å². The quantitative estimate of drug-likeness (QED) is 0.747. The molecule has 17 heavy (non-hydrogen) atoms. The van der Waals surface area contributed by atoms with Gasteiger partial charge >= 0.3 is 0 Å². The number of ether oxygens (including phenoxy) is 1. The van der Waals surface area contributed by atoms with Crippen molar-refractivity contribution in [3.05, 3.63) is 29.3 Å². The van der Waals surface area contributed by atoms with Crippen LogP contribution in [0.5, 0.6) is 5.75 Å². The van der Waals surface area contributed by atoms with Crippen molar-refractivity contribution >= 4 is 11.6 Å². The molecule has 0 saturated heterocycles. The molecule has 3 heteroatoms. The summed E-state index contributed by atoms with van der Waals surface area (Å²) in [6.45, 7) is 0. The molecule has 1 aliphatic rings. The third-order valence-corrected chi connectivity index (χ3v) is 3.82. The number of hydrogen-bond donors (Lipinski definition) is 0. The van der Waals surface area contributed by atoms with Crippen LogP contribution in [0.4, 0.5) is 0 Å². The van der Waals surface area contributed by atoms with E-state index in [1.165, 1.54) is 18.4 Å². The van der Waals surface area contributed by atoms with Crippen molar-refractivity contribution in [1.29, 1.82) is 5.26 Å². The Balaban J connectivity index is 2.24. The zero-order valence-electron chi connectivity index (χ0n) is 9.95. The van der Waals surface area contributed by atoms with E-state index >= 15 is 0 Å². The van der Waals surface area contributed by atoms with Crippen LogP contribution in [0.2, 0.25) is 0 Å². The number of benzene rings is 1. The van der Waals surface area contributed by atoms with Crippen LogP contribution >= 0.6 is 11.6 Å². The summed E-state index contributed by atoms with van der Waals surface area (Å²) in [6, 6.07) is 7.99. The molecule has 2 unspecified atom stereocenters. The highest BCUT2D eigenvalue weighted by Crippen LogP contribution is 2.36. The van der Waals surface area contributed by atoms with E-state index in [0.29, 0.717) is 17.2 Å². The van der Waals surface area contributed by atoms with E-state index in [1.54, 1.807) is 7.11 Å². The summed E-state index contributed by atoms with van der Waals surface area (Å²) in [6.07, 6.45) is 4.50. The lowest BCUT2D eigenvalue weighted by molar-refractivity contribution is 0.409. The molecule has 1 fully saturated rings. The Bertz CT molecular complexity index is 438. The Morgan fingerprint density at radius 3 is 2.88 bits per heavy atom. The van der Waals surface area contributed by atoms with Gasteiger partial charge in [-0.3, -0.25) is 0 Å². The maximum atomic E-state index is 8.94. The van der Waals surface area contributed by atoms with E-state index in [0.717, 1.165) is 12.8 Å². The molecule has 0 spiro atoms. The first-order chi connectivity index (χ1) is 8.24. The van der Waals surface area contributed by atoms with Crippen molar-refractivity contribution < 1.29 is 4.74 Å². The fraction of sp³-hybridized carbons (Fsp3) is 0.500. The molecule has 1 aliphatic carbocycles. The van der Waals surface area contributed by atoms with E-state index in [9.17, 15) is 0 Å². The second kappa shape index (κ2) is 5.42. The van der Waals surface area contributed by atoms with Gasteiger partial charge in [-0.25, -0.2) is 0 Å². The Kier molecular flexibility index (Phi) is 3.91. The van der Waals surface area contributed by atoms with Gasteiger partial charge in [-0.1, -0.05) is 12.5 Å². The number of alkyl halides is 1. The lowest BCUT2D eigenvalue weighted by atomic mass is 9.83. The fourth-order valence-corrected chi connectivity index (χ4v) is 2.86. The summed E-state index contributed by atoms with van der Waals surface area (Å²) in [5.74, 6) is 1.18. The highest BCUT2D eigenvalue weighted by Gasteiger charge is 2.22. The van der Waals surface area contributed by atoms with Crippen molar-refractivity contribution in [3.63, 3.8) is 0 Å². The summed E-state index contributed by atoms with van der Waals surface area (Å²) in [5, 5.41) is 9.23. The largest absolute Gasteiger partial charge is 0.495 e. The van der Waals surface area contributed by atoms with E-state index in [-0.39, 0.29) is 5.38 Å². The molecule has 2 rings (SSSR count). The van der Waals surface area contributed by atoms with Gasteiger partial charge in [0, 0.05) is 5.38 Å². The Morgan fingerprint density at radius 2 is 2.24 bits per heavy atom. The summed E-state index contributed by atoms with van der Waals surface area (Å²) in [7, 11) is 1.60. The van der Waals surface area contributed by atoms with Gasteiger partial charge in [0.2, 0.25) is 0 Å². The Hall–Kier alpha value is -1.20. The van der Waals surface area contributed by atoms with Crippen molar-refractivity contribution in [2.75, 3.05) is 7.11 Å². The van der Waals surface area contributed by atoms with Gasteiger partial charge in [-0.05, 0) is 42.9 Å². The molecule has 0 amide bonds. The van der Waals surface area contributed by atoms with Crippen molar-refractivity contribution in [3.8, 4) is 11.8 Å². The molecule has 0 bridgehead atoms. The molecule has 1 aromatic rings. The zero-order chi connectivity index (χ0) is 12.3. The number of rotatable bonds is 2. The minimum absolute atomic E-state index is 0.287. The predicted molar refractivity (Wildman–Crippen MR) is 68.6 cm³/mol. The van der Waals surface area contributed by atoms with Crippen LogP contribution < -0.4 is 4.74 Å². The first kappa shape index (κ1) is 12.3. The van der Waals surface area contributed by atoms with Gasteiger partial charge < -0.3 is 4.74 Å². The van der Waals surface area contributed by atoms with Gasteiger partial charge in [0.1, 0.15) is 11.8 Å². The molecule has 90 valence electrons. The minimum atomic E-state index is 0.287. The van der Waals surface area contributed by atoms with Crippen molar-refractivity contribution in [2.45, 2.75) is 37.0 Å². The number of methoxy groups -OCH3 is 1. The van der Waals surface area contributed by atoms with Crippen molar-refractivity contribution in [2.24, 2.45) is 0 Å². The zero-order valence-corrected chi connectivity index (χ0v) is 10.7. The molecular weight excluding hydrogens is 234 g/mol. The third kappa shape index (κ3) is 2.73. The lowest BCUT2D eigenvalue weighted by Crippen LogP contribution is -2.14. The van der Waals surface area contributed by atoms with Crippen molar-refractivity contribution in [1.82, 2.24) is 0 Å². The highest BCUT2D eigenvalue weighted by molar-refractivity contribution is 6.20. The van der Waals surface area contributed by atoms with Crippen LogP contribution in [-0.4, -0.2) is 12.5 Å². The molecular formula is C14H16ClNO. The molecule has 2 nitrogen and oxygen atoms in total. The molecule has 0 heterocycles. The van der Waals surface area contributed by atoms with Gasteiger partial charge in [-0.2, -0.15) is 5.26 Å². The van der Waals surface area contributed by atoms with Crippen LogP contribution in [0.3, 0.4) is 0 Å². The van der Waals surface area contributed by atoms with E-state index in [2.05, 4.69) is 6.07 Å². The molecule has 1 aromatic carbocycles. The molecule has 0 N–H and O–H groups in total. The SMILES string of the molecule is COc1cc(C2CCCC(Cl)C2)ccc1C#N. The monoisotopic (exact) mass is 249 g/mol. The fourth-order valence-electron chi connectivity index (χ4n) is 2.49. The van der Waals surface area contributed by atoms with Gasteiger partial charge in [-0.15, -0.1) is 11.6 Å². The average Bonchev–Trinajstić information content (AvgIpc) is 2.38. The second-order valence-electron chi connectivity index (χ2n) is 4.53. The summed E-state index contributed by atoms with van der Waals surface area (Å²) in [5.41, 5.74) is 1.83. The Labute approximate surface area is 107 Å². The smallest absolute Gasteiger partial charge is 0.136 e. The molecule has 0 radical (unpaired) electrons. The van der Waals surface area contributed by atoms with Gasteiger partial charge in [0.25, 0.3) is 0 Å². The highest BCUT2D eigenvalue weighted by atomic mass is 35.5. The van der Waals surface area contributed by atoms with E-state index in [1.807, 2.05) is 18.2 Å². The number of nitriles is 1. The minimum Gasteiger partial charge on any atom is -0.495 e. The molecule has 1 saturated carbocycles. The lowest BCUT2D eigenvalue weighted by Gasteiger charge is -2.26. The van der Waals surface area contributed by atoms with Crippen LogP contribution in [0.25, 0.3) is 0 Å². The topological polar surface area (TPSA) is 33.0 Å². The number of nitrogens with zero attached hydrogens (tertiary/aromatic N) is 1. The second-order valence-corrected chi connectivity index (χ2v) is 5.15. The normalized spacial score (nSPS) is 24.1. The summed E-state index contributed by atoms with van der Waals surface area (Å²) < 4.78 is 5.24. The standard InChI is InChI=1S/C14H16ClNO/c1-17-14-8-11(5-6-12(14)9-16)10-3-2-4-13(15)7-10/h5-6,8,10,13H,2-4,7H2,1H3. The molecule has 2 atom stereocenters. The first-order valence-corrected chi connectivity index (χ1v) is 6.40. The van der Waals surface area contributed by atoms with Crippen LogP contribution in [0.15, 0.2) is 18.2 Å². The maximum absolute atomic E-state index is 8.94. The van der Waals surface area contributed by atoms with E-state index < -0.39 is 0 Å². The van der Waals surface area contributed by atoms with Crippen LogP contribution in [0, 0.1) is 11.3 Å². The predicted octanol–water partition coefficient (Wildman–Crippen LogP) is 3.83.